The van der Waals surface area contributed by atoms with Crippen LogP contribution in [-0.4, -0.2) is 52.4 Å². The summed E-state index contributed by atoms with van der Waals surface area (Å²) >= 11 is 0. The van der Waals surface area contributed by atoms with Crippen LogP contribution in [0.1, 0.15) is 18.5 Å². The molecular weight excluding hydrogens is 306 g/mol. The molecule has 3 rings (SSSR count). The fourth-order valence-corrected chi connectivity index (χ4v) is 3.27. The van der Waals surface area contributed by atoms with Gasteiger partial charge in [0.2, 0.25) is 11.9 Å². The molecule has 2 aromatic rings. The molecule has 0 bridgehead atoms. The molecule has 130 valence electrons. The molecule has 0 unspecified atom stereocenters. The van der Waals surface area contributed by atoms with Crippen molar-refractivity contribution in [3.05, 3.63) is 30.4 Å². The van der Waals surface area contributed by atoms with Crippen molar-refractivity contribution < 1.29 is 4.79 Å². The highest BCUT2D eigenvalue weighted by Gasteiger charge is 2.41. The molecule has 0 spiro atoms. The van der Waals surface area contributed by atoms with Gasteiger partial charge in [0.1, 0.15) is 5.54 Å². The van der Waals surface area contributed by atoms with Crippen molar-refractivity contribution in [2.45, 2.75) is 24.9 Å². The minimum atomic E-state index is -0.613. The Morgan fingerprint density at radius 3 is 2.75 bits per heavy atom. The molecule has 1 aliphatic rings. The van der Waals surface area contributed by atoms with E-state index in [1.807, 2.05) is 42.9 Å². The maximum Gasteiger partial charge on any atom is 0.248 e. The Hall–Kier alpha value is -2.35. The summed E-state index contributed by atoms with van der Waals surface area (Å²) in [7, 11) is 5.86. The number of nitrogens with one attached hydrogen (secondary N) is 2. The van der Waals surface area contributed by atoms with Gasteiger partial charge in [-0.05, 0) is 32.0 Å². The van der Waals surface area contributed by atoms with E-state index in [0.29, 0.717) is 6.54 Å². The minimum Gasteiger partial charge on any atom is -0.348 e. The molecule has 0 radical (unpaired) electrons. The van der Waals surface area contributed by atoms with Crippen molar-refractivity contribution in [1.29, 1.82) is 0 Å². The van der Waals surface area contributed by atoms with Crippen LogP contribution in [0.25, 0.3) is 0 Å². The smallest absolute Gasteiger partial charge is 0.248 e. The van der Waals surface area contributed by atoms with Crippen LogP contribution in [0, 0.1) is 0 Å². The molecule has 0 aliphatic carbocycles. The summed E-state index contributed by atoms with van der Waals surface area (Å²) in [6.45, 7) is 2.07. The Morgan fingerprint density at radius 2 is 2.17 bits per heavy atom. The number of carbonyl (C=O) groups excluding carboxylic acids is 1. The van der Waals surface area contributed by atoms with Gasteiger partial charge in [-0.25, -0.2) is 4.98 Å². The van der Waals surface area contributed by atoms with E-state index < -0.39 is 5.54 Å². The SMILES string of the molecule is CN(C)c1ncc(CNC(=O)C2(n3cccn3)CCNCC2)n1C. The molecule has 0 aromatic carbocycles. The van der Waals surface area contributed by atoms with E-state index in [1.54, 1.807) is 17.1 Å². The monoisotopic (exact) mass is 331 g/mol. The van der Waals surface area contributed by atoms with Crippen LogP contribution >= 0.6 is 0 Å². The largest absolute Gasteiger partial charge is 0.348 e. The molecule has 1 aliphatic heterocycles. The minimum absolute atomic E-state index is 0.0142. The third-order valence-electron chi connectivity index (χ3n) is 4.69. The van der Waals surface area contributed by atoms with Crippen molar-refractivity contribution >= 4 is 11.9 Å². The summed E-state index contributed by atoms with van der Waals surface area (Å²) in [5.41, 5.74) is 0.356. The van der Waals surface area contributed by atoms with E-state index in [2.05, 4.69) is 20.7 Å². The maximum absolute atomic E-state index is 13.0. The van der Waals surface area contributed by atoms with E-state index in [9.17, 15) is 4.79 Å². The third kappa shape index (κ3) is 2.89. The first-order valence-corrected chi connectivity index (χ1v) is 8.22. The van der Waals surface area contributed by atoms with E-state index in [1.165, 1.54) is 0 Å². The number of hydrogen-bond acceptors (Lipinski definition) is 5. The molecule has 0 atom stereocenters. The third-order valence-corrected chi connectivity index (χ3v) is 4.69. The van der Waals surface area contributed by atoms with Crippen molar-refractivity contribution in [1.82, 2.24) is 30.0 Å². The lowest BCUT2D eigenvalue weighted by atomic mass is 9.87. The van der Waals surface area contributed by atoms with Gasteiger partial charge in [0.25, 0.3) is 0 Å². The molecule has 2 N–H and O–H groups in total. The Bertz CT molecular complexity index is 683. The number of aromatic nitrogens is 4. The molecule has 8 nitrogen and oxygen atoms in total. The average Bonchev–Trinajstić information content (AvgIpc) is 3.23. The van der Waals surface area contributed by atoms with Gasteiger partial charge in [-0.15, -0.1) is 0 Å². The fraction of sp³-hybridized carbons (Fsp3) is 0.562. The number of nitrogens with zero attached hydrogens (tertiary/aromatic N) is 5. The van der Waals surface area contributed by atoms with Gasteiger partial charge in [-0.3, -0.25) is 9.48 Å². The van der Waals surface area contributed by atoms with Gasteiger partial charge in [-0.1, -0.05) is 0 Å². The highest BCUT2D eigenvalue weighted by atomic mass is 16.2. The standard InChI is InChI=1S/C16H25N7O/c1-21(2)15-19-12-13(22(15)3)11-18-14(24)16(5-8-17-9-6-16)23-10-4-7-20-23/h4,7,10,12,17H,5-6,8-9,11H2,1-3H3,(H,18,24). The van der Waals surface area contributed by atoms with Crippen molar-refractivity contribution in [3.8, 4) is 0 Å². The van der Waals surface area contributed by atoms with Gasteiger partial charge < -0.3 is 20.1 Å². The Kier molecular flexibility index (Phi) is 4.57. The zero-order valence-electron chi connectivity index (χ0n) is 14.5. The molecule has 0 saturated carbocycles. The molecule has 1 amide bonds. The number of carbonyl (C=O) groups is 1. The molecule has 1 saturated heterocycles. The van der Waals surface area contributed by atoms with Gasteiger partial charge in [0, 0.05) is 33.5 Å². The van der Waals surface area contributed by atoms with Gasteiger partial charge in [0.05, 0.1) is 18.4 Å². The first-order valence-electron chi connectivity index (χ1n) is 8.22. The van der Waals surface area contributed by atoms with Crippen molar-refractivity contribution in [2.75, 3.05) is 32.1 Å². The molecule has 1 fully saturated rings. The summed E-state index contributed by atoms with van der Waals surface area (Å²) in [4.78, 5) is 19.3. The van der Waals surface area contributed by atoms with E-state index >= 15 is 0 Å². The maximum atomic E-state index is 13.0. The average molecular weight is 331 g/mol. The Morgan fingerprint density at radius 1 is 1.42 bits per heavy atom. The summed E-state index contributed by atoms with van der Waals surface area (Å²) in [5, 5.41) is 10.7. The van der Waals surface area contributed by atoms with Crippen molar-refractivity contribution in [3.63, 3.8) is 0 Å². The van der Waals surface area contributed by atoms with Crippen LogP contribution in [0.5, 0.6) is 0 Å². The highest BCUT2D eigenvalue weighted by Crippen LogP contribution is 2.27. The zero-order chi connectivity index (χ0) is 17.2. The lowest BCUT2D eigenvalue weighted by Crippen LogP contribution is -2.54. The van der Waals surface area contributed by atoms with Gasteiger partial charge in [-0.2, -0.15) is 5.10 Å². The van der Waals surface area contributed by atoms with Crippen LogP contribution in [0.4, 0.5) is 5.95 Å². The number of rotatable bonds is 5. The summed E-state index contributed by atoms with van der Waals surface area (Å²) < 4.78 is 3.79. The number of anilines is 1. The molecule has 3 heterocycles. The Labute approximate surface area is 141 Å². The lowest BCUT2D eigenvalue weighted by molar-refractivity contribution is -0.132. The molecular formula is C16H25N7O. The van der Waals surface area contributed by atoms with Crippen LogP contribution in [0.2, 0.25) is 0 Å². The second-order valence-corrected chi connectivity index (χ2v) is 6.42. The predicted octanol–water partition coefficient (Wildman–Crippen LogP) is 0.0777. The second kappa shape index (κ2) is 6.64. The van der Waals surface area contributed by atoms with Gasteiger partial charge in [0.15, 0.2) is 0 Å². The number of hydrogen-bond donors (Lipinski definition) is 2. The van der Waals surface area contributed by atoms with E-state index in [0.717, 1.165) is 37.6 Å². The number of piperidine rings is 1. The number of amides is 1. The molecule has 8 heteroatoms. The molecule has 24 heavy (non-hydrogen) atoms. The van der Waals surface area contributed by atoms with E-state index in [4.69, 9.17) is 0 Å². The fourth-order valence-electron chi connectivity index (χ4n) is 3.27. The van der Waals surface area contributed by atoms with Gasteiger partial charge >= 0.3 is 0 Å². The summed E-state index contributed by atoms with van der Waals surface area (Å²) in [5.74, 6) is 0.878. The summed E-state index contributed by atoms with van der Waals surface area (Å²) in [6, 6.07) is 1.86. The number of imidazole rings is 1. The van der Waals surface area contributed by atoms with Crippen LogP contribution in [0.3, 0.4) is 0 Å². The second-order valence-electron chi connectivity index (χ2n) is 6.42. The normalized spacial score (nSPS) is 16.8. The summed E-state index contributed by atoms with van der Waals surface area (Å²) in [6.07, 6.45) is 6.86. The van der Waals surface area contributed by atoms with E-state index in [-0.39, 0.29) is 5.91 Å². The highest BCUT2D eigenvalue weighted by molar-refractivity contribution is 5.84. The van der Waals surface area contributed by atoms with Crippen LogP contribution < -0.4 is 15.5 Å². The zero-order valence-corrected chi connectivity index (χ0v) is 14.5. The quantitative estimate of drug-likeness (QED) is 0.811. The van der Waals surface area contributed by atoms with Crippen LogP contribution in [0.15, 0.2) is 24.7 Å². The first-order chi connectivity index (χ1) is 11.5. The Balaban J connectivity index is 1.75. The lowest BCUT2D eigenvalue weighted by Gasteiger charge is -2.36. The van der Waals surface area contributed by atoms with Crippen LogP contribution in [-0.2, 0) is 23.9 Å². The molecule has 2 aromatic heterocycles. The predicted molar refractivity (Wildman–Crippen MR) is 91.7 cm³/mol. The topological polar surface area (TPSA) is 80.0 Å². The first kappa shape index (κ1) is 16.5. The van der Waals surface area contributed by atoms with Crippen molar-refractivity contribution in [2.24, 2.45) is 7.05 Å².